The van der Waals surface area contributed by atoms with Crippen molar-refractivity contribution in [2.24, 2.45) is 5.14 Å². The second kappa shape index (κ2) is 8.31. The normalized spacial score (nSPS) is 11.0. The predicted octanol–water partition coefficient (Wildman–Crippen LogP) is 3.40. The third kappa shape index (κ3) is 4.60. The third-order valence-electron chi connectivity index (χ3n) is 3.69. The van der Waals surface area contributed by atoms with Crippen LogP contribution in [0, 0.1) is 0 Å². The molecule has 0 aliphatic rings. The van der Waals surface area contributed by atoms with E-state index in [0.29, 0.717) is 18.7 Å². The number of hydrogen-bond donors (Lipinski definition) is 1. The molecule has 7 heteroatoms. The van der Waals surface area contributed by atoms with Gasteiger partial charge in [-0.3, -0.25) is 4.79 Å². The summed E-state index contributed by atoms with van der Waals surface area (Å²) in [7, 11) is -4.01. The third-order valence-corrected chi connectivity index (χ3v) is 5.09. The Hall–Kier alpha value is -2.41. The number of primary sulfonamides is 1. The highest BCUT2D eigenvalue weighted by atomic mass is 35.5. The summed E-state index contributed by atoms with van der Waals surface area (Å²) < 4.78 is 23.1. The zero-order valence-corrected chi connectivity index (χ0v) is 15.6. The van der Waals surface area contributed by atoms with Gasteiger partial charge in [-0.15, -0.1) is 13.2 Å². The fourth-order valence-corrected chi connectivity index (χ4v) is 3.52. The molecule has 26 heavy (non-hydrogen) atoms. The van der Waals surface area contributed by atoms with E-state index in [0.717, 1.165) is 5.69 Å². The number of nitrogens with two attached hydrogens (primary N) is 1. The van der Waals surface area contributed by atoms with E-state index in [1.807, 2.05) is 17.0 Å². The van der Waals surface area contributed by atoms with Gasteiger partial charge >= 0.3 is 0 Å². The van der Waals surface area contributed by atoms with Crippen molar-refractivity contribution in [1.82, 2.24) is 0 Å². The Labute approximate surface area is 158 Å². The summed E-state index contributed by atoms with van der Waals surface area (Å²) in [6.07, 6.45) is 3.57. The van der Waals surface area contributed by atoms with E-state index in [4.69, 9.17) is 16.7 Å². The van der Waals surface area contributed by atoms with Gasteiger partial charge in [0.05, 0.1) is 5.02 Å². The maximum absolute atomic E-state index is 12.6. The summed E-state index contributed by atoms with van der Waals surface area (Å²) in [5, 5.41) is 5.11. The molecule has 2 aromatic carbocycles. The van der Waals surface area contributed by atoms with E-state index >= 15 is 0 Å². The summed E-state index contributed by atoms with van der Waals surface area (Å²) in [4.78, 5) is 14.4. The van der Waals surface area contributed by atoms with E-state index in [9.17, 15) is 13.2 Å². The molecule has 0 radical (unpaired) electrons. The lowest BCUT2D eigenvalue weighted by Gasteiger charge is -2.21. The first-order valence-electron chi connectivity index (χ1n) is 7.71. The molecule has 2 aromatic rings. The monoisotopic (exact) mass is 390 g/mol. The fourth-order valence-electron chi connectivity index (χ4n) is 2.45. The van der Waals surface area contributed by atoms with Gasteiger partial charge in [-0.25, -0.2) is 13.6 Å². The minimum absolute atomic E-state index is 0.0242. The van der Waals surface area contributed by atoms with Crippen molar-refractivity contribution in [1.29, 1.82) is 0 Å². The fraction of sp³-hybridized carbons (Fsp3) is 0.105. The van der Waals surface area contributed by atoms with Crippen LogP contribution in [0.1, 0.15) is 15.9 Å². The molecule has 0 aliphatic heterocycles. The van der Waals surface area contributed by atoms with Crippen LogP contribution in [0.3, 0.4) is 0 Å². The molecule has 0 spiro atoms. The first-order valence-corrected chi connectivity index (χ1v) is 9.64. The van der Waals surface area contributed by atoms with Crippen molar-refractivity contribution >= 4 is 33.1 Å². The van der Waals surface area contributed by atoms with Crippen LogP contribution >= 0.6 is 11.6 Å². The summed E-state index contributed by atoms with van der Waals surface area (Å²) in [6.45, 7) is 8.75. The van der Waals surface area contributed by atoms with E-state index in [1.165, 1.54) is 18.2 Å². The molecule has 5 nitrogen and oxygen atoms in total. The predicted molar refractivity (Wildman–Crippen MR) is 105 cm³/mol. The highest BCUT2D eigenvalue weighted by Crippen LogP contribution is 2.24. The van der Waals surface area contributed by atoms with Gasteiger partial charge in [0.25, 0.3) is 0 Å². The Morgan fingerprint density at radius 2 is 1.58 bits per heavy atom. The zero-order valence-electron chi connectivity index (χ0n) is 14.1. The van der Waals surface area contributed by atoms with Gasteiger partial charge in [-0.05, 0) is 42.5 Å². The van der Waals surface area contributed by atoms with Gasteiger partial charge in [0.15, 0.2) is 5.78 Å². The summed E-state index contributed by atoms with van der Waals surface area (Å²) in [5.74, 6) is -0.322. The molecule has 0 unspecified atom stereocenters. The quantitative estimate of drug-likeness (QED) is 0.553. The van der Waals surface area contributed by atoms with Gasteiger partial charge in [0, 0.05) is 29.9 Å². The van der Waals surface area contributed by atoms with Crippen molar-refractivity contribution in [3.63, 3.8) is 0 Å². The summed E-state index contributed by atoms with van der Waals surface area (Å²) in [6, 6.07) is 11.0. The number of nitrogens with zero attached hydrogens (tertiary/aromatic N) is 1. The van der Waals surface area contributed by atoms with E-state index in [-0.39, 0.29) is 21.3 Å². The SMILES string of the molecule is C=CCN(CC=C)c1ccc(C(=O)c2ccc(Cl)c(S(N)(=O)=O)c2)cc1. The van der Waals surface area contributed by atoms with Crippen molar-refractivity contribution in [2.75, 3.05) is 18.0 Å². The Balaban J connectivity index is 2.33. The van der Waals surface area contributed by atoms with Crippen LogP contribution in [0.2, 0.25) is 5.02 Å². The average Bonchev–Trinajstić information content (AvgIpc) is 2.60. The van der Waals surface area contributed by atoms with E-state index in [1.54, 1.807) is 24.3 Å². The number of anilines is 1. The van der Waals surface area contributed by atoms with Gasteiger partial charge in [-0.2, -0.15) is 0 Å². The minimum Gasteiger partial charge on any atom is -0.364 e. The molecule has 0 fully saturated rings. The molecule has 0 heterocycles. The highest BCUT2D eigenvalue weighted by Gasteiger charge is 2.17. The maximum atomic E-state index is 12.6. The van der Waals surface area contributed by atoms with E-state index in [2.05, 4.69) is 13.2 Å². The van der Waals surface area contributed by atoms with Crippen LogP contribution in [0.4, 0.5) is 5.69 Å². The Morgan fingerprint density at radius 1 is 1.04 bits per heavy atom. The minimum atomic E-state index is -4.01. The molecule has 0 bridgehead atoms. The molecule has 0 aliphatic carbocycles. The summed E-state index contributed by atoms with van der Waals surface area (Å²) in [5.41, 5.74) is 1.54. The highest BCUT2D eigenvalue weighted by molar-refractivity contribution is 7.89. The first-order chi connectivity index (χ1) is 12.3. The second-order valence-electron chi connectivity index (χ2n) is 5.55. The van der Waals surface area contributed by atoms with Crippen LogP contribution in [-0.2, 0) is 10.0 Å². The first kappa shape index (κ1) is 19.9. The molecule has 0 atom stereocenters. The van der Waals surface area contributed by atoms with Gasteiger partial charge < -0.3 is 4.90 Å². The molecule has 0 saturated carbocycles. The lowest BCUT2D eigenvalue weighted by Crippen LogP contribution is -2.23. The standard InChI is InChI=1S/C19H19ClN2O3S/c1-3-11-22(12-4-2)16-8-5-14(6-9-16)19(23)15-7-10-17(20)18(13-15)26(21,24)25/h3-10,13H,1-2,11-12H2,(H2,21,24,25). The molecule has 0 amide bonds. The number of halogens is 1. The molecule has 0 aromatic heterocycles. The van der Waals surface area contributed by atoms with Gasteiger partial charge in [0.1, 0.15) is 4.90 Å². The topological polar surface area (TPSA) is 80.5 Å². The smallest absolute Gasteiger partial charge is 0.239 e. The molecule has 0 saturated heterocycles. The van der Waals surface area contributed by atoms with Crippen molar-refractivity contribution in [3.8, 4) is 0 Å². The number of rotatable bonds is 8. The number of ketones is 1. The number of carbonyl (C=O) groups is 1. The zero-order chi connectivity index (χ0) is 19.3. The number of hydrogen-bond acceptors (Lipinski definition) is 4. The van der Waals surface area contributed by atoms with Crippen molar-refractivity contribution < 1.29 is 13.2 Å². The Kier molecular flexibility index (Phi) is 6.37. The molecule has 136 valence electrons. The lowest BCUT2D eigenvalue weighted by molar-refractivity contribution is 0.103. The molecular weight excluding hydrogens is 372 g/mol. The van der Waals surface area contributed by atoms with Crippen LogP contribution < -0.4 is 10.0 Å². The van der Waals surface area contributed by atoms with Crippen LogP contribution in [0.25, 0.3) is 0 Å². The number of sulfonamides is 1. The molecule has 2 rings (SSSR count). The Morgan fingerprint density at radius 3 is 2.08 bits per heavy atom. The second-order valence-corrected chi connectivity index (χ2v) is 7.49. The number of carbonyl (C=O) groups excluding carboxylic acids is 1. The largest absolute Gasteiger partial charge is 0.364 e. The van der Waals surface area contributed by atoms with Crippen molar-refractivity contribution in [3.05, 3.63) is 83.9 Å². The lowest BCUT2D eigenvalue weighted by atomic mass is 10.0. The van der Waals surface area contributed by atoms with E-state index < -0.39 is 10.0 Å². The van der Waals surface area contributed by atoms with Crippen LogP contribution in [-0.4, -0.2) is 27.3 Å². The Bertz CT molecular complexity index is 928. The van der Waals surface area contributed by atoms with Crippen LogP contribution in [0.5, 0.6) is 0 Å². The van der Waals surface area contributed by atoms with Crippen LogP contribution in [0.15, 0.2) is 72.7 Å². The van der Waals surface area contributed by atoms with Gasteiger partial charge in [-0.1, -0.05) is 23.8 Å². The molecular formula is C19H19ClN2O3S. The van der Waals surface area contributed by atoms with Gasteiger partial charge in [0.2, 0.25) is 10.0 Å². The summed E-state index contributed by atoms with van der Waals surface area (Å²) >= 11 is 5.85. The average molecular weight is 391 g/mol. The molecule has 2 N–H and O–H groups in total. The van der Waals surface area contributed by atoms with Crippen molar-refractivity contribution in [2.45, 2.75) is 4.90 Å². The maximum Gasteiger partial charge on any atom is 0.239 e. The number of benzene rings is 2.